The number of hydrogen-bond acceptors (Lipinski definition) is 7. The molecule has 1 aliphatic rings. The standard InChI is InChI=1S/C27H18F3N7O4/c1-12-5-22(41-25-15(28)3-2-4-16(25)29)32-10-21(12)37-26(31)14(9-34-37)24(39)19-7-13-6-17(30)20(8-18(13)35-19)36-23(38)11-33-27(36)40/h2-10,35H,11,31H2,1H3,(H,33,40). The largest absolute Gasteiger partial charge is 0.433 e. The number of anilines is 2. The third kappa shape index (κ3) is 4.30. The highest BCUT2D eigenvalue weighted by Crippen LogP contribution is 2.31. The molecular formula is C27H18F3N7O4. The molecule has 4 heterocycles. The van der Waals surface area contributed by atoms with Crippen molar-refractivity contribution in [3.8, 4) is 17.3 Å². The number of pyridine rings is 1. The van der Waals surface area contributed by atoms with Gasteiger partial charge in [-0.25, -0.2) is 32.5 Å². The summed E-state index contributed by atoms with van der Waals surface area (Å²) in [4.78, 5) is 45.0. The minimum atomic E-state index is -0.890. The lowest BCUT2D eigenvalue weighted by atomic mass is 10.1. The van der Waals surface area contributed by atoms with Crippen molar-refractivity contribution in [2.45, 2.75) is 6.92 Å². The smallest absolute Gasteiger partial charge is 0.329 e. The predicted molar refractivity (Wildman–Crippen MR) is 140 cm³/mol. The molecule has 4 N–H and O–H groups in total. The molecule has 0 bridgehead atoms. The number of rotatable bonds is 6. The number of aryl methyl sites for hydroxylation is 1. The topological polar surface area (TPSA) is 148 Å². The zero-order valence-corrected chi connectivity index (χ0v) is 21.0. The van der Waals surface area contributed by atoms with Gasteiger partial charge in [-0.15, -0.1) is 0 Å². The molecule has 2 aromatic carbocycles. The first-order valence-electron chi connectivity index (χ1n) is 12.0. The summed E-state index contributed by atoms with van der Waals surface area (Å²) in [5.41, 5.74) is 7.30. The number of nitrogen functional groups attached to an aromatic ring is 1. The Bertz CT molecular complexity index is 1880. The number of fused-ring (bicyclic) bond motifs is 1. The van der Waals surface area contributed by atoms with Gasteiger partial charge in [0.15, 0.2) is 11.6 Å². The molecule has 3 amide bonds. The number of imide groups is 1. The molecule has 0 radical (unpaired) electrons. The summed E-state index contributed by atoms with van der Waals surface area (Å²) >= 11 is 0. The Balaban J connectivity index is 1.29. The van der Waals surface area contributed by atoms with Crippen molar-refractivity contribution >= 4 is 40.1 Å². The third-order valence-electron chi connectivity index (χ3n) is 6.48. The second-order valence-electron chi connectivity index (χ2n) is 9.11. The molecule has 3 aromatic heterocycles. The van der Waals surface area contributed by atoms with E-state index in [2.05, 4.69) is 20.4 Å². The van der Waals surface area contributed by atoms with Gasteiger partial charge in [-0.05, 0) is 42.8 Å². The summed E-state index contributed by atoms with van der Waals surface area (Å²) in [5, 5.41) is 6.85. The number of hydrogen-bond donors (Lipinski definition) is 3. The lowest BCUT2D eigenvalue weighted by Crippen LogP contribution is -2.31. The van der Waals surface area contributed by atoms with Crippen molar-refractivity contribution in [3.63, 3.8) is 0 Å². The fourth-order valence-electron chi connectivity index (χ4n) is 4.46. The molecule has 6 rings (SSSR count). The Labute approximate surface area is 228 Å². The van der Waals surface area contributed by atoms with Gasteiger partial charge in [-0.2, -0.15) is 5.10 Å². The van der Waals surface area contributed by atoms with Crippen LogP contribution in [0.25, 0.3) is 16.6 Å². The summed E-state index contributed by atoms with van der Waals surface area (Å²) < 4.78 is 49.2. The van der Waals surface area contributed by atoms with E-state index in [1.165, 1.54) is 41.3 Å². The highest BCUT2D eigenvalue weighted by molar-refractivity contribution is 6.20. The molecule has 5 aromatic rings. The minimum absolute atomic E-state index is 0.0273. The van der Waals surface area contributed by atoms with Crippen molar-refractivity contribution in [1.29, 1.82) is 0 Å². The molecule has 14 heteroatoms. The van der Waals surface area contributed by atoms with E-state index >= 15 is 0 Å². The molecular weight excluding hydrogens is 543 g/mol. The van der Waals surface area contributed by atoms with Crippen LogP contribution < -0.4 is 20.7 Å². The van der Waals surface area contributed by atoms with Gasteiger partial charge in [-0.3, -0.25) is 9.59 Å². The SMILES string of the molecule is Cc1cc(Oc2c(F)cccc2F)ncc1-n1ncc(C(=O)c2cc3cc(F)c(N4C(=O)CNC4=O)cc3[nH]2)c1N. The van der Waals surface area contributed by atoms with Gasteiger partial charge >= 0.3 is 6.03 Å². The van der Waals surface area contributed by atoms with Crippen LogP contribution in [0.15, 0.2) is 54.9 Å². The van der Waals surface area contributed by atoms with Crippen molar-refractivity contribution in [1.82, 2.24) is 25.1 Å². The third-order valence-corrected chi connectivity index (χ3v) is 6.48. The number of urea groups is 1. The average molecular weight is 561 g/mol. The second kappa shape index (κ2) is 9.51. The van der Waals surface area contributed by atoms with Gasteiger partial charge in [0, 0.05) is 17.0 Å². The van der Waals surface area contributed by atoms with Gasteiger partial charge in [0.1, 0.15) is 11.6 Å². The molecule has 11 nitrogen and oxygen atoms in total. The number of para-hydroxylation sites is 1. The first-order valence-corrected chi connectivity index (χ1v) is 12.0. The Kier molecular flexibility index (Phi) is 5.94. The number of H-pyrrole nitrogens is 1. The van der Waals surface area contributed by atoms with E-state index in [9.17, 15) is 27.6 Å². The van der Waals surface area contributed by atoms with Crippen LogP contribution >= 0.6 is 0 Å². The quantitative estimate of drug-likeness (QED) is 0.209. The van der Waals surface area contributed by atoms with E-state index < -0.39 is 40.9 Å². The summed E-state index contributed by atoms with van der Waals surface area (Å²) in [6.45, 7) is 1.42. The average Bonchev–Trinajstić information content (AvgIpc) is 3.62. The fourth-order valence-corrected chi connectivity index (χ4v) is 4.46. The normalized spacial score (nSPS) is 13.2. The summed E-state index contributed by atoms with van der Waals surface area (Å²) in [6, 6.07) is 7.78. The maximum absolute atomic E-state index is 14.8. The summed E-state index contributed by atoms with van der Waals surface area (Å²) in [6.07, 6.45) is 2.57. The number of aromatic nitrogens is 4. The minimum Gasteiger partial charge on any atom is -0.433 e. The van der Waals surface area contributed by atoms with E-state index in [4.69, 9.17) is 10.5 Å². The second-order valence-corrected chi connectivity index (χ2v) is 9.11. The number of benzene rings is 2. The number of nitrogens with two attached hydrogens (primary N) is 1. The molecule has 1 aliphatic heterocycles. The van der Waals surface area contributed by atoms with Gasteiger partial charge < -0.3 is 20.8 Å². The van der Waals surface area contributed by atoms with E-state index in [1.54, 1.807) is 6.92 Å². The number of carbonyl (C=O) groups is 3. The molecule has 0 unspecified atom stereocenters. The van der Waals surface area contributed by atoms with Crippen LogP contribution in [0, 0.1) is 24.4 Å². The Morgan fingerprint density at radius 2 is 1.78 bits per heavy atom. The van der Waals surface area contributed by atoms with Crippen LogP contribution in [0.1, 0.15) is 21.6 Å². The molecule has 0 saturated carbocycles. The molecule has 41 heavy (non-hydrogen) atoms. The number of aromatic amines is 1. The van der Waals surface area contributed by atoms with Crippen molar-refractivity contribution in [2.75, 3.05) is 17.2 Å². The van der Waals surface area contributed by atoms with Crippen molar-refractivity contribution in [3.05, 3.63) is 89.1 Å². The van der Waals surface area contributed by atoms with E-state index in [-0.39, 0.29) is 35.2 Å². The van der Waals surface area contributed by atoms with E-state index in [0.29, 0.717) is 27.1 Å². The van der Waals surface area contributed by atoms with Crippen LogP contribution in [-0.4, -0.2) is 44.0 Å². The van der Waals surface area contributed by atoms with Crippen LogP contribution in [0.3, 0.4) is 0 Å². The Morgan fingerprint density at radius 1 is 1.02 bits per heavy atom. The monoisotopic (exact) mass is 561 g/mol. The maximum Gasteiger partial charge on any atom is 0.329 e. The molecule has 0 aliphatic carbocycles. The molecule has 0 spiro atoms. The molecule has 206 valence electrons. The zero-order valence-electron chi connectivity index (χ0n) is 21.0. The Hall–Kier alpha value is -5.66. The highest BCUT2D eigenvalue weighted by Gasteiger charge is 2.32. The van der Waals surface area contributed by atoms with E-state index in [0.717, 1.165) is 18.2 Å². The number of halogens is 3. The lowest BCUT2D eigenvalue weighted by molar-refractivity contribution is -0.115. The fraction of sp³-hybridized carbons (Fsp3) is 0.0741. The van der Waals surface area contributed by atoms with Crippen molar-refractivity contribution in [2.24, 2.45) is 0 Å². The number of amides is 3. The summed E-state index contributed by atoms with van der Waals surface area (Å²) in [5.74, 6) is -4.46. The highest BCUT2D eigenvalue weighted by atomic mass is 19.1. The van der Waals surface area contributed by atoms with Crippen LogP contribution in [0.5, 0.6) is 11.6 Å². The summed E-state index contributed by atoms with van der Waals surface area (Å²) in [7, 11) is 0. The predicted octanol–water partition coefficient (Wildman–Crippen LogP) is 4.14. The van der Waals surface area contributed by atoms with Gasteiger partial charge in [0.25, 0.3) is 5.91 Å². The van der Waals surface area contributed by atoms with Crippen LogP contribution in [0.4, 0.5) is 29.5 Å². The van der Waals surface area contributed by atoms with Gasteiger partial charge in [0.2, 0.25) is 17.4 Å². The number of ketones is 1. The lowest BCUT2D eigenvalue weighted by Gasteiger charge is -2.13. The van der Waals surface area contributed by atoms with Gasteiger partial charge in [0.05, 0.1) is 41.6 Å². The first-order chi connectivity index (χ1) is 19.6. The Morgan fingerprint density at radius 3 is 2.46 bits per heavy atom. The maximum atomic E-state index is 14.8. The van der Waals surface area contributed by atoms with Crippen LogP contribution in [0.2, 0.25) is 0 Å². The number of ether oxygens (including phenoxy) is 1. The number of nitrogens with zero attached hydrogens (tertiary/aromatic N) is 4. The van der Waals surface area contributed by atoms with Crippen LogP contribution in [-0.2, 0) is 4.79 Å². The molecule has 1 fully saturated rings. The molecule has 1 saturated heterocycles. The zero-order chi connectivity index (χ0) is 29.0. The first kappa shape index (κ1) is 25.6. The molecule has 0 atom stereocenters. The van der Waals surface area contributed by atoms with E-state index in [1.807, 2.05) is 0 Å². The number of carbonyl (C=O) groups excluding carboxylic acids is 3. The van der Waals surface area contributed by atoms with Crippen molar-refractivity contribution < 1.29 is 32.3 Å². The van der Waals surface area contributed by atoms with Gasteiger partial charge in [-0.1, -0.05) is 6.07 Å². The number of nitrogens with one attached hydrogen (secondary N) is 2.